The van der Waals surface area contributed by atoms with Crippen LogP contribution < -0.4 is 20.1 Å². The average molecular weight is 359 g/mol. The van der Waals surface area contributed by atoms with E-state index in [1.165, 1.54) is 19.4 Å². The topological polar surface area (TPSA) is 89.6 Å². The first kappa shape index (κ1) is 17.7. The van der Waals surface area contributed by atoms with Crippen LogP contribution in [0.5, 0.6) is 17.2 Å². The number of amides is 2. The number of nitrogens with one attached hydrogen (secondary N) is 2. The molecule has 2 N–H and O–H groups in total. The third-order valence-corrected chi connectivity index (χ3v) is 3.97. The largest absolute Gasteiger partial charge is 0.495 e. The van der Waals surface area contributed by atoms with Crippen LogP contribution in [0.15, 0.2) is 30.5 Å². The van der Waals surface area contributed by atoms with Gasteiger partial charge in [0.05, 0.1) is 19.0 Å². The van der Waals surface area contributed by atoms with Gasteiger partial charge in [0, 0.05) is 18.1 Å². The molecule has 1 saturated heterocycles. The lowest BCUT2D eigenvalue weighted by Gasteiger charge is -2.15. The maximum absolute atomic E-state index is 13.3. The molecule has 1 fully saturated rings. The highest BCUT2D eigenvalue weighted by Crippen LogP contribution is 2.32. The van der Waals surface area contributed by atoms with Crippen molar-refractivity contribution in [3.8, 4) is 17.2 Å². The summed E-state index contributed by atoms with van der Waals surface area (Å²) < 4.78 is 24.2. The molecule has 0 spiro atoms. The number of aryl methyl sites for hydroxylation is 1. The number of benzene rings is 1. The Morgan fingerprint density at radius 1 is 1.35 bits per heavy atom. The molecule has 1 aromatic heterocycles. The van der Waals surface area contributed by atoms with Gasteiger partial charge in [-0.25, -0.2) is 4.98 Å². The molecule has 0 aliphatic carbocycles. The van der Waals surface area contributed by atoms with E-state index in [0.29, 0.717) is 41.3 Å². The van der Waals surface area contributed by atoms with Gasteiger partial charge in [-0.15, -0.1) is 0 Å². The van der Waals surface area contributed by atoms with Gasteiger partial charge in [-0.2, -0.15) is 4.39 Å². The number of methoxy groups -OCH3 is 1. The Morgan fingerprint density at radius 2 is 2.15 bits per heavy atom. The van der Waals surface area contributed by atoms with Gasteiger partial charge in [0.1, 0.15) is 23.3 Å². The zero-order valence-electron chi connectivity index (χ0n) is 14.3. The van der Waals surface area contributed by atoms with Crippen LogP contribution in [0.3, 0.4) is 0 Å². The number of aromatic nitrogens is 1. The molecule has 0 bridgehead atoms. The Balaban J connectivity index is 1.78. The fraction of sp³-hybridized carbons (Fsp3) is 0.278. The quantitative estimate of drug-likeness (QED) is 0.801. The Hall–Kier alpha value is -3.16. The molecular formula is C18H18FN3O4. The highest BCUT2D eigenvalue weighted by atomic mass is 19.1. The van der Waals surface area contributed by atoms with E-state index >= 15 is 0 Å². The number of nitrogens with zero attached hydrogens (tertiary/aromatic N) is 1. The summed E-state index contributed by atoms with van der Waals surface area (Å²) in [5, 5.41) is 5.35. The predicted molar refractivity (Wildman–Crippen MR) is 91.8 cm³/mol. The lowest BCUT2D eigenvalue weighted by molar-refractivity contribution is -0.122. The van der Waals surface area contributed by atoms with E-state index in [9.17, 15) is 14.0 Å². The molecule has 2 heterocycles. The molecule has 1 atom stereocenters. The second-order valence-corrected chi connectivity index (χ2v) is 5.89. The summed E-state index contributed by atoms with van der Waals surface area (Å²) in [7, 11) is 1.48. The molecule has 1 aliphatic rings. The van der Waals surface area contributed by atoms with Gasteiger partial charge >= 0.3 is 0 Å². The minimum Gasteiger partial charge on any atom is -0.495 e. The molecule has 0 radical (unpaired) electrons. The maximum atomic E-state index is 13.3. The van der Waals surface area contributed by atoms with Crippen molar-refractivity contribution in [1.82, 2.24) is 10.3 Å². The standard InChI is InChI=1S/C18H18FN3O4/c1-10-7-12(9-20-17(10)19)26-11-3-5-15(25-2)14(8-11)22-18(24)13-4-6-16(23)21-13/h3,5,7-9,13H,4,6H2,1-2H3,(H,21,23)(H,22,24). The Bertz CT molecular complexity index is 856. The second kappa shape index (κ2) is 7.38. The molecule has 2 amide bonds. The maximum Gasteiger partial charge on any atom is 0.247 e. The van der Waals surface area contributed by atoms with E-state index in [-0.39, 0.29) is 11.8 Å². The first-order chi connectivity index (χ1) is 12.5. The van der Waals surface area contributed by atoms with Crippen LogP contribution in [-0.2, 0) is 9.59 Å². The van der Waals surface area contributed by atoms with Crippen molar-refractivity contribution in [2.75, 3.05) is 12.4 Å². The molecule has 7 nitrogen and oxygen atoms in total. The third kappa shape index (κ3) is 3.90. The number of rotatable bonds is 5. The van der Waals surface area contributed by atoms with Crippen molar-refractivity contribution in [2.24, 2.45) is 0 Å². The van der Waals surface area contributed by atoms with E-state index in [1.54, 1.807) is 25.1 Å². The summed E-state index contributed by atoms with van der Waals surface area (Å²) in [4.78, 5) is 27.2. The van der Waals surface area contributed by atoms with Gasteiger partial charge in [0.25, 0.3) is 0 Å². The highest BCUT2D eigenvalue weighted by Gasteiger charge is 2.27. The van der Waals surface area contributed by atoms with E-state index < -0.39 is 12.0 Å². The van der Waals surface area contributed by atoms with Gasteiger partial charge in [0.2, 0.25) is 17.8 Å². The first-order valence-electron chi connectivity index (χ1n) is 8.04. The summed E-state index contributed by atoms with van der Waals surface area (Å²) in [6, 6.07) is 5.85. The molecule has 1 unspecified atom stereocenters. The van der Waals surface area contributed by atoms with Crippen molar-refractivity contribution in [3.05, 3.63) is 42.0 Å². The number of carbonyl (C=O) groups excluding carboxylic acids is 2. The van der Waals surface area contributed by atoms with Gasteiger partial charge in [-0.1, -0.05) is 0 Å². The van der Waals surface area contributed by atoms with E-state index in [2.05, 4.69) is 15.6 Å². The van der Waals surface area contributed by atoms with Crippen LogP contribution in [0, 0.1) is 12.9 Å². The van der Waals surface area contributed by atoms with Crippen LogP contribution in [-0.4, -0.2) is 29.9 Å². The summed E-state index contributed by atoms with van der Waals surface area (Å²) in [6.45, 7) is 1.59. The number of hydrogen-bond donors (Lipinski definition) is 2. The Morgan fingerprint density at radius 3 is 2.81 bits per heavy atom. The minimum atomic E-state index is -0.569. The van der Waals surface area contributed by atoms with Crippen LogP contribution in [0.2, 0.25) is 0 Å². The molecule has 1 aromatic carbocycles. The number of carbonyl (C=O) groups is 2. The highest BCUT2D eigenvalue weighted by molar-refractivity contribution is 6.00. The zero-order valence-corrected chi connectivity index (χ0v) is 14.3. The molecule has 3 rings (SSSR count). The van der Waals surface area contributed by atoms with E-state index in [0.717, 1.165) is 0 Å². The number of halogens is 1. The number of anilines is 1. The van der Waals surface area contributed by atoms with Gasteiger partial charge in [0.15, 0.2) is 0 Å². The van der Waals surface area contributed by atoms with Crippen molar-refractivity contribution in [2.45, 2.75) is 25.8 Å². The first-order valence-corrected chi connectivity index (χ1v) is 8.04. The molecule has 26 heavy (non-hydrogen) atoms. The minimum absolute atomic E-state index is 0.145. The Kier molecular flexibility index (Phi) is 5.01. The lowest BCUT2D eigenvalue weighted by atomic mass is 10.2. The third-order valence-electron chi connectivity index (χ3n) is 3.97. The summed E-state index contributed by atoms with van der Waals surface area (Å²) in [6.07, 6.45) is 2.05. The summed E-state index contributed by atoms with van der Waals surface area (Å²) >= 11 is 0. The van der Waals surface area contributed by atoms with Crippen molar-refractivity contribution in [1.29, 1.82) is 0 Å². The molecule has 1 aliphatic heterocycles. The van der Waals surface area contributed by atoms with Gasteiger partial charge in [-0.05, 0) is 31.5 Å². The summed E-state index contributed by atoms with van der Waals surface area (Å²) in [5.41, 5.74) is 0.768. The second-order valence-electron chi connectivity index (χ2n) is 5.89. The van der Waals surface area contributed by atoms with Crippen molar-refractivity contribution >= 4 is 17.5 Å². The zero-order chi connectivity index (χ0) is 18.7. The normalized spacial score (nSPS) is 16.1. The van der Waals surface area contributed by atoms with Crippen LogP contribution in [0.4, 0.5) is 10.1 Å². The van der Waals surface area contributed by atoms with Crippen molar-refractivity contribution in [3.63, 3.8) is 0 Å². The van der Waals surface area contributed by atoms with Crippen LogP contribution >= 0.6 is 0 Å². The fourth-order valence-corrected chi connectivity index (χ4v) is 2.60. The average Bonchev–Trinajstić information content (AvgIpc) is 3.05. The van der Waals surface area contributed by atoms with E-state index in [1.807, 2.05) is 0 Å². The smallest absolute Gasteiger partial charge is 0.247 e. The molecule has 136 valence electrons. The van der Waals surface area contributed by atoms with Crippen LogP contribution in [0.25, 0.3) is 0 Å². The number of pyridine rings is 1. The van der Waals surface area contributed by atoms with Gasteiger partial charge < -0.3 is 20.1 Å². The van der Waals surface area contributed by atoms with Crippen molar-refractivity contribution < 1.29 is 23.5 Å². The SMILES string of the molecule is COc1ccc(Oc2cnc(F)c(C)c2)cc1NC(=O)C1CCC(=O)N1. The van der Waals surface area contributed by atoms with Gasteiger partial charge in [-0.3, -0.25) is 9.59 Å². The number of ether oxygens (including phenoxy) is 2. The predicted octanol–water partition coefficient (Wildman–Crippen LogP) is 2.55. The molecule has 8 heteroatoms. The lowest BCUT2D eigenvalue weighted by Crippen LogP contribution is -2.37. The van der Waals surface area contributed by atoms with Crippen LogP contribution in [0.1, 0.15) is 18.4 Å². The molecule has 0 saturated carbocycles. The van der Waals surface area contributed by atoms with E-state index in [4.69, 9.17) is 9.47 Å². The summed E-state index contributed by atoms with van der Waals surface area (Å²) in [5.74, 6) is 0.208. The fourth-order valence-electron chi connectivity index (χ4n) is 2.60. The molecular weight excluding hydrogens is 341 g/mol. The monoisotopic (exact) mass is 359 g/mol. The Labute approximate surface area is 149 Å². The number of hydrogen-bond acceptors (Lipinski definition) is 5. The molecule has 2 aromatic rings.